The monoisotopic (exact) mass is 365 g/mol. The molecule has 0 aliphatic carbocycles. The van der Waals surface area contributed by atoms with Crippen molar-refractivity contribution >= 4 is 16.9 Å². The summed E-state index contributed by atoms with van der Waals surface area (Å²) in [5.41, 5.74) is 1.09. The highest BCUT2D eigenvalue weighted by molar-refractivity contribution is 7.79. The summed E-state index contributed by atoms with van der Waals surface area (Å²) in [5.74, 6) is 1.09. The molecule has 0 amide bonds. The predicted octanol–water partition coefficient (Wildman–Crippen LogP) is 1.06. The fraction of sp³-hybridized carbons (Fsp3) is 0.467. The zero-order valence-electron chi connectivity index (χ0n) is 14.0. The van der Waals surface area contributed by atoms with Crippen LogP contribution in [0.2, 0.25) is 0 Å². The van der Waals surface area contributed by atoms with Gasteiger partial charge in [-0.05, 0) is 6.92 Å². The van der Waals surface area contributed by atoms with Crippen molar-refractivity contribution in [1.29, 1.82) is 0 Å². The molecule has 0 spiro atoms. The van der Waals surface area contributed by atoms with E-state index in [1.807, 2.05) is 0 Å². The van der Waals surface area contributed by atoms with E-state index in [2.05, 4.69) is 24.8 Å². The summed E-state index contributed by atoms with van der Waals surface area (Å²) in [5, 5.41) is -0.638. The van der Waals surface area contributed by atoms with Crippen LogP contribution in [0.5, 0.6) is 6.01 Å². The van der Waals surface area contributed by atoms with Gasteiger partial charge in [0.15, 0.2) is 16.9 Å². The molecule has 2 atom stereocenters. The van der Waals surface area contributed by atoms with Gasteiger partial charge in [-0.2, -0.15) is 0 Å². The van der Waals surface area contributed by atoms with Crippen molar-refractivity contribution in [2.75, 3.05) is 38.3 Å². The maximum absolute atomic E-state index is 11.5. The van der Waals surface area contributed by atoms with Crippen molar-refractivity contribution in [1.82, 2.24) is 19.9 Å². The molecule has 1 aliphatic heterocycles. The Hall–Kier alpha value is -2.17. The van der Waals surface area contributed by atoms with Crippen LogP contribution in [0, 0.1) is 0 Å². The first kappa shape index (κ1) is 17.6. The van der Waals surface area contributed by atoms with Gasteiger partial charge in [0.05, 0.1) is 31.6 Å². The van der Waals surface area contributed by atoms with E-state index < -0.39 is 16.3 Å². The van der Waals surface area contributed by atoms with Crippen LogP contribution >= 0.6 is 0 Å². The predicted molar refractivity (Wildman–Crippen MR) is 91.8 cm³/mol. The van der Waals surface area contributed by atoms with Crippen LogP contribution < -0.4 is 9.64 Å². The smallest absolute Gasteiger partial charge is 0.316 e. The van der Waals surface area contributed by atoms with Crippen molar-refractivity contribution in [2.24, 2.45) is 0 Å². The third kappa shape index (κ3) is 4.09. The van der Waals surface area contributed by atoms with Gasteiger partial charge in [0.2, 0.25) is 0 Å². The van der Waals surface area contributed by atoms with Gasteiger partial charge in [-0.15, -0.1) is 0 Å². The standard InChI is InChI=1S/C15H19N5O4S/c1-10(25(21)22)12-7-13(20-3-5-24-6-4-20)19-14(18-12)11-8-16-15(23-2)17-9-11/h7-10H,3-6H2,1-2H3,(H,21,22). The molecule has 10 heteroatoms. The quantitative estimate of drug-likeness (QED) is 0.777. The van der Waals surface area contributed by atoms with Crippen LogP contribution in [0.4, 0.5) is 5.82 Å². The zero-order valence-corrected chi connectivity index (χ0v) is 14.8. The fourth-order valence-corrected chi connectivity index (χ4v) is 2.71. The third-order valence-electron chi connectivity index (χ3n) is 3.86. The van der Waals surface area contributed by atoms with Gasteiger partial charge in [-0.3, -0.25) is 0 Å². The zero-order chi connectivity index (χ0) is 17.8. The normalized spacial score (nSPS) is 17.2. The van der Waals surface area contributed by atoms with Crippen LogP contribution in [0.25, 0.3) is 11.4 Å². The molecule has 3 heterocycles. The van der Waals surface area contributed by atoms with Crippen molar-refractivity contribution in [3.63, 3.8) is 0 Å². The Kier molecular flexibility index (Phi) is 5.51. The summed E-state index contributed by atoms with van der Waals surface area (Å²) in [4.78, 5) is 19.2. The molecule has 1 N–H and O–H groups in total. The second kappa shape index (κ2) is 7.81. The maximum Gasteiger partial charge on any atom is 0.316 e. The van der Waals surface area contributed by atoms with Gasteiger partial charge in [0.25, 0.3) is 0 Å². The maximum atomic E-state index is 11.5. The van der Waals surface area contributed by atoms with Gasteiger partial charge in [0.1, 0.15) is 11.1 Å². The summed E-state index contributed by atoms with van der Waals surface area (Å²) in [6.45, 7) is 4.27. The number of nitrogens with zero attached hydrogens (tertiary/aromatic N) is 5. The molecule has 2 aromatic heterocycles. The summed E-state index contributed by atoms with van der Waals surface area (Å²) < 4.78 is 31.3. The lowest BCUT2D eigenvalue weighted by molar-refractivity contribution is 0.122. The Labute approximate surface area is 147 Å². The Morgan fingerprint density at radius 1 is 1.28 bits per heavy atom. The molecule has 0 saturated carbocycles. The van der Waals surface area contributed by atoms with E-state index >= 15 is 0 Å². The molecule has 0 radical (unpaired) electrons. The van der Waals surface area contributed by atoms with Crippen molar-refractivity contribution in [3.05, 3.63) is 24.2 Å². The number of ether oxygens (including phenoxy) is 2. The van der Waals surface area contributed by atoms with Crippen molar-refractivity contribution in [2.45, 2.75) is 12.2 Å². The largest absolute Gasteiger partial charge is 0.467 e. The molecule has 0 bridgehead atoms. The first-order chi connectivity index (χ1) is 12.1. The molecule has 9 nitrogen and oxygen atoms in total. The minimum atomic E-state index is -2.03. The Morgan fingerprint density at radius 2 is 1.96 bits per heavy atom. The average molecular weight is 365 g/mol. The molecule has 3 rings (SSSR count). The Bertz CT molecular complexity index is 752. The minimum Gasteiger partial charge on any atom is -0.467 e. The molecule has 1 saturated heterocycles. The minimum absolute atomic E-state index is 0.248. The van der Waals surface area contributed by atoms with Crippen LogP contribution in [0.1, 0.15) is 17.9 Å². The first-order valence-corrected chi connectivity index (χ1v) is 8.93. The van der Waals surface area contributed by atoms with Gasteiger partial charge in [0, 0.05) is 31.5 Å². The third-order valence-corrected chi connectivity index (χ3v) is 4.70. The number of rotatable bonds is 5. The fourth-order valence-electron chi connectivity index (χ4n) is 2.38. The van der Waals surface area contributed by atoms with Crippen LogP contribution in [-0.2, 0) is 15.8 Å². The number of hydrogen-bond donors (Lipinski definition) is 1. The van der Waals surface area contributed by atoms with Crippen molar-refractivity contribution in [3.8, 4) is 17.4 Å². The van der Waals surface area contributed by atoms with Crippen LogP contribution in [0.3, 0.4) is 0 Å². The number of aromatic nitrogens is 4. The molecule has 1 fully saturated rings. The average Bonchev–Trinajstić information content (AvgIpc) is 2.67. The van der Waals surface area contributed by atoms with Gasteiger partial charge >= 0.3 is 6.01 Å². The molecule has 0 aromatic carbocycles. The highest BCUT2D eigenvalue weighted by Gasteiger charge is 2.20. The molecular weight excluding hydrogens is 346 g/mol. The number of morpholine rings is 1. The summed E-state index contributed by atoms with van der Waals surface area (Å²) in [6.07, 6.45) is 3.13. The lowest BCUT2D eigenvalue weighted by Gasteiger charge is -2.28. The highest BCUT2D eigenvalue weighted by atomic mass is 32.2. The van der Waals surface area contributed by atoms with E-state index in [4.69, 9.17) is 9.47 Å². The lowest BCUT2D eigenvalue weighted by Crippen LogP contribution is -2.37. The van der Waals surface area contributed by atoms with Crippen molar-refractivity contribution < 1.29 is 18.2 Å². The van der Waals surface area contributed by atoms with Gasteiger partial charge in [-0.1, -0.05) is 0 Å². The molecule has 2 aromatic rings. The van der Waals surface area contributed by atoms with E-state index in [0.717, 1.165) is 0 Å². The number of methoxy groups -OCH3 is 1. The van der Waals surface area contributed by atoms with E-state index in [1.165, 1.54) is 7.11 Å². The lowest BCUT2D eigenvalue weighted by atomic mass is 10.2. The van der Waals surface area contributed by atoms with Gasteiger partial charge < -0.3 is 18.9 Å². The van der Waals surface area contributed by atoms with E-state index in [9.17, 15) is 8.76 Å². The summed E-state index contributed by atoms with van der Waals surface area (Å²) in [7, 11) is 1.49. The van der Waals surface area contributed by atoms with Crippen LogP contribution in [0.15, 0.2) is 18.5 Å². The number of hydrogen-bond acceptors (Lipinski definition) is 8. The van der Waals surface area contributed by atoms with E-state index in [1.54, 1.807) is 25.4 Å². The second-order valence-corrected chi connectivity index (χ2v) is 6.71. The van der Waals surface area contributed by atoms with E-state index in [-0.39, 0.29) is 6.01 Å². The topological polar surface area (TPSA) is 111 Å². The first-order valence-electron chi connectivity index (χ1n) is 7.76. The summed E-state index contributed by atoms with van der Waals surface area (Å²) in [6, 6.07) is 2.00. The molecule has 1 aliphatic rings. The summed E-state index contributed by atoms with van der Waals surface area (Å²) >= 11 is -2.03. The van der Waals surface area contributed by atoms with Gasteiger partial charge in [-0.25, -0.2) is 24.1 Å². The second-order valence-electron chi connectivity index (χ2n) is 5.45. The molecular formula is C15H19N5O4S. The molecule has 2 unspecified atom stereocenters. The Morgan fingerprint density at radius 3 is 2.56 bits per heavy atom. The Balaban J connectivity index is 2.02. The highest BCUT2D eigenvalue weighted by Crippen LogP contribution is 2.25. The molecule has 134 valence electrons. The van der Waals surface area contributed by atoms with Crippen LogP contribution in [-0.4, -0.2) is 62.1 Å². The number of anilines is 1. The SMILES string of the molecule is COc1ncc(-c2nc(C(C)S(=O)O)cc(N3CCOCC3)n2)cn1. The molecule has 25 heavy (non-hydrogen) atoms. The van der Waals surface area contributed by atoms with E-state index in [0.29, 0.717) is 49.2 Å².